The van der Waals surface area contributed by atoms with Gasteiger partial charge in [-0.3, -0.25) is 22.8 Å². The van der Waals surface area contributed by atoms with E-state index in [1.54, 1.807) is 0 Å². The third kappa shape index (κ3) is 11.4. The SMILES string of the molecule is COc1ccc(/N=N/c2c(S(=O)(=O)O)cc3c(S(=O)(=O)O)c(Nc4nc(Cl)nc(Nc5cc(S(=O)(=O)CCOS(=O)(=O)O)cc(S(=O)(=O)O)c5O)n4)ccc3c2O)c(S(=O)(=O)O)c1. The highest BCUT2D eigenvalue weighted by atomic mass is 35.5. The monoisotopic (exact) mass is 1020 g/mol. The molecular formula is C28H24ClN7O21S6. The Morgan fingerprint density at radius 1 is 0.635 bits per heavy atom. The van der Waals surface area contributed by atoms with E-state index in [1.807, 2.05) is 0 Å². The van der Waals surface area contributed by atoms with Gasteiger partial charge in [-0.05, 0) is 54.1 Å². The van der Waals surface area contributed by atoms with E-state index in [-0.39, 0.29) is 11.8 Å². The maximum Gasteiger partial charge on any atom is 0.397 e. The Labute approximate surface area is 359 Å². The number of sulfone groups is 1. The molecule has 5 aromatic rings. The predicted molar refractivity (Wildman–Crippen MR) is 211 cm³/mol. The maximum atomic E-state index is 12.9. The summed E-state index contributed by atoms with van der Waals surface area (Å²) in [6.45, 7) is -1.18. The summed E-state index contributed by atoms with van der Waals surface area (Å²) < 4.78 is 204. The average Bonchev–Trinajstić information content (AvgIpc) is 3.12. The van der Waals surface area contributed by atoms with Gasteiger partial charge in [0.25, 0.3) is 40.5 Å². The van der Waals surface area contributed by atoms with Crippen LogP contribution in [0.1, 0.15) is 0 Å². The lowest BCUT2D eigenvalue weighted by molar-refractivity contribution is 0.284. The number of aromatic nitrogens is 3. The van der Waals surface area contributed by atoms with Crippen LogP contribution in [-0.4, -0.2) is 118 Å². The van der Waals surface area contributed by atoms with Crippen molar-refractivity contribution in [2.24, 2.45) is 10.2 Å². The van der Waals surface area contributed by atoms with Crippen molar-refractivity contribution < 1.29 is 92.4 Å². The highest BCUT2D eigenvalue weighted by molar-refractivity contribution is 7.91. The zero-order valence-electron chi connectivity index (χ0n) is 30.4. The van der Waals surface area contributed by atoms with Crippen LogP contribution in [-0.2, 0) is 64.9 Å². The maximum absolute atomic E-state index is 12.9. The number of nitrogens with zero attached hydrogens (tertiary/aromatic N) is 5. The fraction of sp³-hybridized carbons (Fsp3) is 0.107. The van der Waals surface area contributed by atoms with E-state index < -0.39 is 160 Å². The molecule has 0 unspecified atom stereocenters. The molecule has 340 valence electrons. The minimum atomic E-state index is -5.54. The van der Waals surface area contributed by atoms with Crippen molar-refractivity contribution in [2.45, 2.75) is 24.5 Å². The second-order valence-corrected chi connectivity index (χ2v) is 21.0. The molecule has 0 radical (unpaired) electrons. The molecule has 0 saturated heterocycles. The molecule has 35 heteroatoms. The van der Waals surface area contributed by atoms with Crippen LogP contribution in [0.2, 0.25) is 5.28 Å². The summed E-state index contributed by atoms with van der Waals surface area (Å²) >= 11 is 5.99. The number of phenolic OH excluding ortho intramolecular Hbond substituents is 2. The van der Waals surface area contributed by atoms with Crippen molar-refractivity contribution in [2.75, 3.05) is 30.1 Å². The van der Waals surface area contributed by atoms with Crippen LogP contribution >= 0.6 is 11.6 Å². The van der Waals surface area contributed by atoms with Crippen LogP contribution in [0, 0.1) is 0 Å². The van der Waals surface area contributed by atoms with E-state index in [0.29, 0.717) is 12.1 Å². The number of halogens is 1. The van der Waals surface area contributed by atoms with E-state index >= 15 is 0 Å². The summed E-state index contributed by atoms with van der Waals surface area (Å²) in [5.74, 6) is -5.45. The van der Waals surface area contributed by atoms with E-state index in [9.17, 15) is 78.9 Å². The largest absolute Gasteiger partial charge is 0.505 e. The molecule has 0 aliphatic carbocycles. The van der Waals surface area contributed by atoms with Crippen LogP contribution in [0.4, 0.5) is 34.6 Å². The molecule has 0 spiro atoms. The topological polar surface area (TPSA) is 452 Å². The lowest BCUT2D eigenvalue weighted by Gasteiger charge is -2.16. The summed E-state index contributed by atoms with van der Waals surface area (Å²) in [7, 11) is -30.2. The molecule has 63 heavy (non-hydrogen) atoms. The Morgan fingerprint density at radius 3 is 1.76 bits per heavy atom. The zero-order valence-corrected chi connectivity index (χ0v) is 36.1. The number of benzene rings is 4. The second-order valence-electron chi connectivity index (χ2n) is 11.9. The van der Waals surface area contributed by atoms with E-state index in [4.69, 9.17) is 20.9 Å². The molecule has 0 amide bonds. The van der Waals surface area contributed by atoms with Crippen molar-refractivity contribution in [3.63, 3.8) is 0 Å². The number of methoxy groups -OCH3 is 1. The third-order valence-electron chi connectivity index (χ3n) is 7.79. The molecule has 9 N–H and O–H groups in total. The fourth-order valence-electron chi connectivity index (χ4n) is 5.20. The first-order chi connectivity index (χ1) is 28.8. The van der Waals surface area contributed by atoms with E-state index in [1.165, 1.54) is 0 Å². The van der Waals surface area contributed by atoms with Crippen LogP contribution in [0.25, 0.3) is 10.8 Å². The number of rotatable bonds is 16. The molecule has 1 aromatic heterocycles. The van der Waals surface area contributed by atoms with Crippen LogP contribution in [0.15, 0.2) is 83.2 Å². The summed E-state index contributed by atoms with van der Waals surface area (Å²) in [5.41, 5.74) is -3.37. The van der Waals surface area contributed by atoms with E-state index in [0.717, 1.165) is 37.4 Å². The highest BCUT2D eigenvalue weighted by Gasteiger charge is 2.30. The molecule has 0 atom stereocenters. The number of fused-ring (bicyclic) bond motifs is 1. The number of anilines is 4. The first-order valence-electron chi connectivity index (χ1n) is 15.8. The number of phenols is 2. The molecule has 5 rings (SSSR count). The summed E-state index contributed by atoms with van der Waals surface area (Å²) in [4.78, 5) is 5.26. The molecule has 28 nitrogen and oxygen atoms in total. The molecule has 0 aliphatic heterocycles. The smallest absolute Gasteiger partial charge is 0.397 e. The van der Waals surface area contributed by atoms with Crippen molar-refractivity contribution in [3.8, 4) is 17.2 Å². The van der Waals surface area contributed by atoms with Gasteiger partial charge in [-0.15, -0.1) is 10.2 Å². The quantitative estimate of drug-likeness (QED) is 0.0389. The molecule has 0 bridgehead atoms. The van der Waals surface area contributed by atoms with Gasteiger partial charge in [-0.25, -0.2) is 12.6 Å². The summed E-state index contributed by atoms with van der Waals surface area (Å²) in [6, 6.07) is 5.88. The summed E-state index contributed by atoms with van der Waals surface area (Å²) in [5, 5.41) is 31.2. The molecule has 4 aromatic carbocycles. The number of nitrogens with one attached hydrogen (secondary N) is 2. The van der Waals surface area contributed by atoms with Crippen molar-refractivity contribution in [1.82, 2.24) is 15.0 Å². The predicted octanol–water partition coefficient (Wildman–Crippen LogP) is 2.58. The van der Waals surface area contributed by atoms with Crippen molar-refractivity contribution >= 4 is 118 Å². The molecule has 0 fully saturated rings. The minimum absolute atomic E-state index is 0.0823. The normalized spacial score (nSPS) is 13.1. The molecule has 0 saturated carbocycles. The number of hydrogen-bond acceptors (Lipinski definition) is 23. The molecule has 1 heterocycles. The van der Waals surface area contributed by atoms with Gasteiger partial charge in [0.15, 0.2) is 21.3 Å². The third-order valence-corrected chi connectivity index (χ3v) is 13.7. The Kier molecular flexibility index (Phi) is 13.3. The molecular weight excluding hydrogens is 998 g/mol. The van der Waals surface area contributed by atoms with Gasteiger partial charge in [0, 0.05) is 16.8 Å². The fourth-order valence-corrected chi connectivity index (χ4v) is 9.73. The first-order valence-corrected chi connectivity index (χ1v) is 25.0. The van der Waals surface area contributed by atoms with Crippen LogP contribution in [0.3, 0.4) is 0 Å². The van der Waals surface area contributed by atoms with Gasteiger partial charge >= 0.3 is 10.4 Å². The van der Waals surface area contributed by atoms with Crippen molar-refractivity contribution in [3.05, 3.63) is 53.8 Å². The standard InChI is InChI=1S/C28H24ClN7O21S6/c1-56-12-2-4-16(19(8-12)59(41,42)43)35-36-22-20(60(44,45)46)11-15-14(23(22)37)3-5-17(25(15)62(50,51)52)30-27-32-26(29)33-28(34-27)31-18-9-13(10-21(24(18)38)61(47,48)49)58(39,40)7-6-57-63(53,54)55/h2-5,8-11,37-38H,6-7H2,1H3,(H,41,42,43)(H,44,45,46)(H,47,48,49)(H,50,51,52)(H,53,54,55)(H2,30,31,32,33,34)/b36-35+. The summed E-state index contributed by atoms with van der Waals surface area (Å²) in [6.07, 6.45) is 0. The van der Waals surface area contributed by atoms with Crippen LogP contribution < -0.4 is 15.4 Å². The number of hydrogen-bond donors (Lipinski definition) is 9. The van der Waals surface area contributed by atoms with Gasteiger partial charge in [-0.1, -0.05) is 0 Å². The lowest BCUT2D eigenvalue weighted by atomic mass is 10.1. The molecule has 0 aliphatic rings. The van der Waals surface area contributed by atoms with Crippen molar-refractivity contribution in [1.29, 1.82) is 0 Å². The Balaban J connectivity index is 1.63. The van der Waals surface area contributed by atoms with Gasteiger partial charge in [0.1, 0.15) is 36.7 Å². The second kappa shape index (κ2) is 17.2. The Hall–Kier alpha value is -5.50. The van der Waals surface area contributed by atoms with Gasteiger partial charge in [0.2, 0.25) is 17.2 Å². The van der Waals surface area contributed by atoms with E-state index in [2.05, 4.69) is 40.0 Å². The minimum Gasteiger partial charge on any atom is -0.505 e. The van der Waals surface area contributed by atoms with Gasteiger partial charge in [-0.2, -0.15) is 57.0 Å². The highest BCUT2D eigenvalue weighted by Crippen LogP contribution is 2.45. The average molecular weight is 1020 g/mol. The Bertz CT molecular complexity index is 3450. The van der Waals surface area contributed by atoms with Gasteiger partial charge < -0.3 is 25.6 Å². The zero-order chi connectivity index (χ0) is 47.2. The Morgan fingerprint density at radius 2 is 1.22 bits per heavy atom. The first kappa shape index (κ1) is 48.5. The number of azo groups is 1. The number of ether oxygens (including phenoxy) is 1. The number of aromatic hydroxyl groups is 2. The van der Waals surface area contributed by atoms with Gasteiger partial charge in [0.05, 0.1) is 35.7 Å². The lowest BCUT2D eigenvalue weighted by Crippen LogP contribution is -2.16. The van der Waals surface area contributed by atoms with Crippen LogP contribution in [0.5, 0.6) is 17.2 Å².